The van der Waals surface area contributed by atoms with Gasteiger partial charge in [-0.15, -0.1) is 5.10 Å². The van der Waals surface area contributed by atoms with E-state index in [0.717, 1.165) is 5.56 Å². The number of aromatic nitrogens is 4. The van der Waals surface area contributed by atoms with Crippen LogP contribution in [-0.2, 0) is 0 Å². The van der Waals surface area contributed by atoms with Gasteiger partial charge in [0.25, 0.3) is 0 Å². The van der Waals surface area contributed by atoms with Gasteiger partial charge in [0.1, 0.15) is 5.52 Å². The molecule has 0 aliphatic carbocycles. The molecule has 0 fully saturated rings. The zero-order chi connectivity index (χ0) is 12.7. The van der Waals surface area contributed by atoms with Gasteiger partial charge in [-0.1, -0.05) is 6.07 Å². The number of halogens is 1. The topological polar surface area (TPSA) is 69.1 Å². The maximum Gasteiger partial charge on any atom is 0.238 e. The Kier molecular flexibility index (Phi) is 2.22. The SMILES string of the molecule is Cc1cccnc1-c1cc(F)c2cnc(N)nn12. The smallest absolute Gasteiger partial charge is 0.238 e. The summed E-state index contributed by atoms with van der Waals surface area (Å²) >= 11 is 0. The van der Waals surface area contributed by atoms with Crippen LogP contribution in [0, 0.1) is 12.7 Å². The normalized spacial score (nSPS) is 11.0. The van der Waals surface area contributed by atoms with Crippen molar-refractivity contribution in [2.45, 2.75) is 6.92 Å². The largest absolute Gasteiger partial charge is 0.367 e. The van der Waals surface area contributed by atoms with Crippen molar-refractivity contribution >= 4 is 11.5 Å². The molecular weight excluding hydrogens is 233 g/mol. The minimum Gasteiger partial charge on any atom is -0.367 e. The molecule has 90 valence electrons. The first-order valence-corrected chi connectivity index (χ1v) is 5.38. The maximum absolute atomic E-state index is 13.8. The van der Waals surface area contributed by atoms with E-state index in [1.807, 2.05) is 19.1 Å². The highest BCUT2D eigenvalue weighted by atomic mass is 19.1. The number of hydrogen-bond acceptors (Lipinski definition) is 4. The number of aryl methyl sites for hydroxylation is 1. The summed E-state index contributed by atoms with van der Waals surface area (Å²) in [6.07, 6.45) is 3.02. The number of rotatable bonds is 1. The molecule has 3 aromatic rings. The first-order chi connectivity index (χ1) is 8.66. The Morgan fingerprint density at radius 3 is 2.94 bits per heavy atom. The quantitative estimate of drug-likeness (QED) is 0.707. The molecule has 0 aromatic carbocycles. The number of nitrogen functional groups attached to an aromatic ring is 1. The molecule has 5 nitrogen and oxygen atoms in total. The van der Waals surface area contributed by atoms with Gasteiger partial charge in [0.2, 0.25) is 5.95 Å². The molecule has 0 spiro atoms. The van der Waals surface area contributed by atoms with E-state index in [9.17, 15) is 4.39 Å². The zero-order valence-corrected chi connectivity index (χ0v) is 9.63. The Balaban J connectivity index is 2.36. The minimum atomic E-state index is -0.393. The van der Waals surface area contributed by atoms with E-state index in [-0.39, 0.29) is 11.5 Å². The van der Waals surface area contributed by atoms with Crippen molar-refractivity contribution in [2.75, 3.05) is 5.73 Å². The van der Waals surface area contributed by atoms with Crippen molar-refractivity contribution in [1.29, 1.82) is 0 Å². The Bertz CT molecular complexity index is 734. The van der Waals surface area contributed by atoms with Gasteiger partial charge < -0.3 is 5.73 Å². The van der Waals surface area contributed by atoms with Crippen LogP contribution in [0.15, 0.2) is 30.6 Å². The van der Waals surface area contributed by atoms with E-state index in [4.69, 9.17) is 5.73 Å². The molecule has 0 aliphatic rings. The van der Waals surface area contributed by atoms with Gasteiger partial charge >= 0.3 is 0 Å². The van der Waals surface area contributed by atoms with E-state index >= 15 is 0 Å². The standard InChI is InChI=1S/C12H10FN5/c1-7-3-2-4-15-11(7)9-5-8(13)10-6-16-12(14)17-18(9)10/h2-6H,1H3,(H2,14,17). The fourth-order valence-electron chi connectivity index (χ4n) is 1.89. The van der Waals surface area contributed by atoms with Gasteiger partial charge in [-0.2, -0.15) is 0 Å². The van der Waals surface area contributed by atoms with E-state index in [1.54, 1.807) is 6.20 Å². The maximum atomic E-state index is 13.8. The third-order valence-corrected chi connectivity index (χ3v) is 2.74. The molecule has 18 heavy (non-hydrogen) atoms. The molecule has 0 unspecified atom stereocenters. The zero-order valence-electron chi connectivity index (χ0n) is 9.63. The van der Waals surface area contributed by atoms with Gasteiger partial charge in [0.15, 0.2) is 5.82 Å². The number of hydrogen-bond donors (Lipinski definition) is 1. The Morgan fingerprint density at radius 1 is 1.33 bits per heavy atom. The average Bonchev–Trinajstić information content (AvgIpc) is 2.67. The van der Waals surface area contributed by atoms with Gasteiger partial charge in [0.05, 0.1) is 17.6 Å². The molecule has 3 rings (SSSR count). The lowest BCUT2D eigenvalue weighted by molar-refractivity contribution is 0.638. The predicted molar refractivity (Wildman–Crippen MR) is 65.3 cm³/mol. The van der Waals surface area contributed by atoms with Crippen molar-refractivity contribution < 1.29 is 4.39 Å². The summed E-state index contributed by atoms with van der Waals surface area (Å²) in [4.78, 5) is 8.04. The average molecular weight is 243 g/mol. The van der Waals surface area contributed by atoms with Crippen LogP contribution in [0.3, 0.4) is 0 Å². The van der Waals surface area contributed by atoms with Gasteiger partial charge in [-0.3, -0.25) is 4.98 Å². The summed E-state index contributed by atoms with van der Waals surface area (Å²) in [5, 5.41) is 4.02. The fourth-order valence-corrected chi connectivity index (χ4v) is 1.89. The summed E-state index contributed by atoms with van der Waals surface area (Å²) < 4.78 is 15.2. The van der Waals surface area contributed by atoms with Crippen LogP contribution < -0.4 is 5.73 Å². The second kappa shape index (κ2) is 3.76. The van der Waals surface area contributed by atoms with Gasteiger partial charge in [-0.25, -0.2) is 13.9 Å². The molecule has 0 atom stereocenters. The molecule has 6 heteroatoms. The summed E-state index contributed by atoms with van der Waals surface area (Å²) in [5.74, 6) is -0.303. The van der Waals surface area contributed by atoms with Crippen molar-refractivity contribution in [2.24, 2.45) is 0 Å². The van der Waals surface area contributed by atoms with Crippen LogP contribution in [0.25, 0.3) is 16.9 Å². The van der Waals surface area contributed by atoms with Crippen molar-refractivity contribution in [3.8, 4) is 11.4 Å². The third kappa shape index (κ3) is 1.50. The molecule has 3 aromatic heterocycles. The predicted octanol–water partition coefficient (Wildman–Crippen LogP) is 1.82. The number of nitrogens with zero attached hydrogens (tertiary/aromatic N) is 4. The Morgan fingerprint density at radius 2 is 2.17 bits per heavy atom. The van der Waals surface area contributed by atoms with Crippen LogP contribution in [-0.4, -0.2) is 19.6 Å². The lowest BCUT2D eigenvalue weighted by Crippen LogP contribution is -2.02. The van der Waals surface area contributed by atoms with Crippen LogP contribution in [0.5, 0.6) is 0 Å². The fraction of sp³-hybridized carbons (Fsp3) is 0.0833. The summed E-state index contributed by atoms with van der Waals surface area (Å²) in [6, 6.07) is 5.12. The molecule has 0 aliphatic heterocycles. The van der Waals surface area contributed by atoms with E-state index in [1.165, 1.54) is 16.8 Å². The monoisotopic (exact) mass is 243 g/mol. The summed E-state index contributed by atoms with van der Waals surface area (Å²) in [6.45, 7) is 1.91. The van der Waals surface area contributed by atoms with Crippen LogP contribution >= 0.6 is 0 Å². The third-order valence-electron chi connectivity index (χ3n) is 2.74. The Hall–Kier alpha value is -2.50. The van der Waals surface area contributed by atoms with E-state index in [0.29, 0.717) is 11.4 Å². The molecule has 3 heterocycles. The van der Waals surface area contributed by atoms with Crippen molar-refractivity contribution in [1.82, 2.24) is 19.6 Å². The molecule has 0 amide bonds. The van der Waals surface area contributed by atoms with Crippen LogP contribution in [0.4, 0.5) is 10.3 Å². The number of nitrogens with two attached hydrogens (primary N) is 1. The first kappa shape index (κ1) is 10.6. The van der Waals surface area contributed by atoms with Crippen LogP contribution in [0.1, 0.15) is 5.56 Å². The lowest BCUT2D eigenvalue weighted by atomic mass is 10.2. The highest BCUT2D eigenvalue weighted by Gasteiger charge is 2.14. The molecule has 0 saturated heterocycles. The summed E-state index contributed by atoms with van der Waals surface area (Å²) in [7, 11) is 0. The second-order valence-electron chi connectivity index (χ2n) is 3.96. The van der Waals surface area contributed by atoms with E-state index < -0.39 is 5.82 Å². The van der Waals surface area contributed by atoms with Crippen LogP contribution in [0.2, 0.25) is 0 Å². The Labute approximate surface area is 102 Å². The number of fused-ring (bicyclic) bond motifs is 1. The highest BCUT2D eigenvalue weighted by molar-refractivity contribution is 5.66. The first-order valence-electron chi connectivity index (χ1n) is 5.38. The highest BCUT2D eigenvalue weighted by Crippen LogP contribution is 2.25. The molecule has 2 N–H and O–H groups in total. The lowest BCUT2D eigenvalue weighted by Gasteiger charge is -2.04. The summed E-state index contributed by atoms with van der Waals surface area (Å²) in [5.41, 5.74) is 7.99. The molecule has 0 saturated carbocycles. The van der Waals surface area contributed by atoms with Gasteiger partial charge in [-0.05, 0) is 18.6 Å². The van der Waals surface area contributed by atoms with E-state index in [2.05, 4.69) is 15.1 Å². The van der Waals surface area contributed by atoms with Gasteiger partial charge in [0, 0.05) is 12.3 Å². The van der Waals surface area contributed by atoms with Crippen molar-refractivity contribution in [3.63, 3.8) is 0 Å². The van der Waals surface area contributed by atoms with Crippen molar-refractivity contribution in [3.05, 3.63) is 42.0 Å². The molecule has 0 bridgehead atoms. The second-order valence-corrected chi connectivity index (χ2v) is 3.96. The number of anilines is 1. The molecular formula is C12H10FN5. The molecule has 0 radical (unpaired) electrons. The minimum absolute atomic E-state index is 0.0907. The number of pyridine rings is 1.